The van der Waals surface area contributed by atoms with Crippen molar-refractivity contribution < 1.29 is 4.92 Å². The Hall–Kier alpha value is -2.54. The second-order valence-electron chi connectivity index (χ2n) is 5.58. The van der Waals surface area contributed by atoms with Crippen molar-refractivity contribution in [2.45, 2.75) is 6.92 Å². The number of nitro groups is 1. The molecule has 0 radical (unpaired) electrons. The number of piperazine rings is 1. The molecule has 1 aromatic carbocycles. The van der Waals surface area contributed by atoms with Crippen LogP contribution in [0.4, 0.5) is 17.1 Å². The summed E-state index contributed by atoms with van der Waals surface area (Å²) in [6.07, 6.45) is 3.63. The fourth-order valence-electron chi connectivity index (χ4n) is 2.84. The summed E-state index contributed by atoms with van der Waals surface area (Å²) in [4.78, 5) is 15.6. The van der Waals surface area contributed by atoms with Gasteiger partial charge < -0.3 is 9.80 Å². The smallest absolute Gasteiger partial charge is 0.294 e. The van der Waals surface area contributed by atoms with E-state index >= 15 is 0 Å². The summed E-state index contributed by atoms with van der Waals surface area (Å²) in [6, 6.07) is 9.01. The van der Waals surface area contributed by atoms with Crippen LogP contribution < -0.4 is 10.3 Å². The third-order valence-electron chi connectivity index (χ3n) is 4.22. The largest absolute Gasteiger partial charge is 0.369 e. The molecule has 7 nitrogen and oxygen atoms in total. The Morgan fingerprint density at radius 1 is 1.17 bits per heavy atom. The van der Waals surface area contributed by atoms with Gasteiger partial charge in [-0.05, 0) is 30.8 Å². The number of anilines is 2. The molecule has 2 heterocycles. The number of nitro benzene ring substituents is 1. The van der Waals surface area contributed by atoms with Crippen LogP contribution in [-0.4, -0.2) is 47.2 Å². The molecule has 1 aromatic heterocycles. The molecule has 122 valence electrons. The van der Waals surface area contributed by atoms with Crippen molar-refractivity contribution in [1.29, 1.82) is 0 Å². The summed E-state index contributed by atoms with van der Waals surface area (Å²) in [5, 5.41) is 11.3. The normalized spacial score (nSPS) is 15.6. The fraction of sp³-hybridized carbons (Fsp3) is 0.375. The van der Waals surface area contributed by atoms with Gasteiger partial charge in [-0.2, -0.15) is 0 Å². The number of nitrogens with zero attached hydrogens (tertiary/aromatic N) is 4. The molecule has 0 spiro atoms. The standard InChI is InChI=1S/C16H21N5O2/c1-2-18-9-11-19(12-10-18)14-5-6-16(21(22)23)15(13-14)17-20-7-3-4-8-20/h3-8,13,17H,2,9-12H2,1H3. The number of likely N-dealkylation sites (N-methyl/N-ethyl adjacent to an activating group) is 1. The molecule has 1 fully saturated rings. The van der Waals surface area contributed by atoms with Crippen LogP contribution in [0.15, 0.2) is 42.7 Å². The average Bonchev–Trinajstić information content (AvgIpc) is 3.07. The van der Waals surface area contributed by atoms with Gasteiger partial charge >= 0.3 is 0 Å². The predicted molar refractivity (Wildman–Crippen MR) is 90.9 cm³/mol. The van der Waals surface area contributed by atoms with E-state index in [1.54, 1.807) is 10.7 Å². The average molecular weight is 315 g/mol. The van der Waals surface area contributed by atoms with Crippen molar-refractivity contribution in [3.8, 4) is 0 Å². The molecule has 1 saturated heterocycles. The Kier molecular flexibility index (Phi) is 4.47. The molecule has 7 heteroatoms. The van der Waals surface area contributed by atoms with E-state index in [0.717, 1.165) is 38.4 Å². The van der Waals surface area contributed by atoms with Gasteiger partial charge in [0, 0.05) is 50.3 Å². The van der Waals surface area contributed by atoms with Crippen molar-refractivity contribution >= 4 is 17.1 Å². The number of rotatable bonds is 5. The SMILES string of the molecule is CCN1CCN(c2ccc([N+](=O)[O-])c(Nn3cccc3)c2)CC1. The summed E-state index contributed by atoms with van der Waals surface area (Å²) in [6.45, 7) is 7.15. The molecule has 0 amide bonds. The highest BCUT2D eigenvalue weighted by molar-refractivity contribution is 5.69. The van der Waals surface area contributed by atoms with Crippen molar-refractivity contribution in [2.24, 2.45) is 0 Å². The maximum Gasteiger partial charge on any atom is 0.294 e. The van der Waals surface area contributed by atoms with Gasteiger partial charge in [-0.25, -0.2) is 0 Å². The van der Waals surface area contributed by atoms with E-state index in [0.29, 0.717) is 5.69 Å². The zero-order valence-corrected chi connectivity index (χ0v) is 13.2. The van der Waals surface area contributed by atoms with Crippen molar-refractivity contribution in [3.05, 3.63) is 52.8 Å². The van der Waals surface area contributed by atoms with Crippen LogP contribution in [0.5, 0.6) is 0 Å². The van der Waals surface area contributed by atoms with E-state index < -0.39 is 0 Å². The van der Waals surface area contributed by atoms with Crippen LogP contribution in [0.1, 0.15) is 6.92 Å². The van der Waals surface area contributed by atoms with Gasteiger partial charge in [-0.1, -0.05) is 6.92 Å². The summed E-state index contributed by atoms with van der Waals surface area (Å²) in [5.74, 6) is 0. The molecular formula is C16H21N5O2. The minimum atomic E-state index is -0.357. The van der Waals surface area contributed by atoms with E-state index in [1.807, 2.05) is 36.7 Å². The Bertz CT molecular complexity index is 663. The van der Waals surface area contributed by atoms with Crippen LogP contribution in [-0.2, 0) is 0 Å². The zero-order chi connectivity index (χ0) is 16.2. The van der Waals surface area contributed by atoms with Gasteiger partial charge in [-0.3, -0.25) is 20.2 Å². The number of benzene rings is 1. The Morgan fingerprint density at radius 2 is 1.87 bits per heavy atom. The highest BCUT2D eigenvalue weighted by Gasteiger charge is 2.20. The second-order valence-corrected chi connectivity index (χ2v) is 5.58. The lowest BCUT2D eigenvalue weighted by atomic mass is 10.2. The molecule has 0 saturated carbocycles. The molecule has 23 heavy (non-hydrogen) atoms. The van der Waals surface area contributed by atoms with Crippen LogP contribution >= 0.6 is 0 Å². The fourth-order valence-corrected chi connectivity index (χ4v) is 2.84. The molecule has 1 aliphatic heterocycles. The van der Waals surface area contributed by atoms with Gasteiger partial charge in [0.25, 0.3) is 5.69 Å². The number of aromatic nitrogens is 1. The van der Waals surface area contributed by atoms with Gasteiger partial charge in [0.1, 0.15) is 5.69 Å². The van der Waals surface area contributed by atoms with E-state index in [1.165, 1.54) is 0 Å². The van der Waals surface area contributed by atoms with E-state index in [2.05, 4.69) is 22.1 Å². The Morgan fingerprint density at radius 3 is 2.48 bits per heavy atom. The summed E-state index contributed by atoms with van der Waals surface area (Å²) >= 11 is 0. The van der Waals surface area contributed by atoms with Gasteiger partial charge in [0.15, 0.2) is 0 Å². The maximum absolute atomic E-state index is 11.3. The molecule has 0 bridgehead atoms. The quantitative estimate of drug-likeness (QED) is 0.678. The van der Waals surface area contributed by atoms with E-state index in [9.17, 15) is 10.1 Å². The molecule has 2 aromatic rings. The second kappa shape index (κ2) is 6.70. The zero-order valence-electron chi connectivity index (χ0n) is 13.2. The Balaban J connectivity index is 1.83. The molecule has 0 atom stereocenters. The molecule has 0 aliphatic carbocycles. The van der Waals surface area contributed by atoms with Gasteiger partial charge in [-0.15, -0.1) is 0 Å². The third-order valence-corrected chi connectivity index (χ3v) is 4.22. The number of hydrogen-bond acceptors (Lipinski definition) is 5. The third kappa shape index (κ3) is 3.45. The first kappa shape index (κ1) is 15.4. The van der Waals surface area contributed by atoms with Crippen molar-refractivity contribution in [3.63, 3.8) is 0 Å². The topological polar surface area (TPSA) is 66.6 Å². The number of nitrogens with one attached hydrogen (secondary N) is 1. The van der Waals surface area contributed by atoms with Crippen molar-refractivity contribution in [2.75, 3.05) is 43.0 Å². The molecule has 0 unspecified atom stereocenters. The Labute approximate surface area is 135 Å². The van der Waals surface area contributed by atoms with E-state index in [4.69, 9.17) is 0 Å². The molecule has 1 aliphatic rings. The minimum absolute atomic E-state index is 0.0784. The molecule has 1 N–H and O–H groups in total. The lowest BCUT2D eigenvalue weighted by Crippen LogP contribution is -2.46. The number of hydrogen-bond donors (Lipinski definition) is 1. The van der Waals surface area contributed by atoms with Crippen LogP contribution in [0.25, 0.3) is 0 Å². The molecule has 3 rings (SSSR count). The first-order valence-electron chi connectivity index (χ1n) is 7.83. The highest BCUT2D eigenvalue weighted by atomic mass is 16.6. The van der Waals surface area contributed by atoms with Gasteiger partial charge in [0.2, 0.25) is 0 Å². The first-order chi connectivity index (χ1) is 11.2. The lowest BCUT2D eigenvalue weighted by molar-refractivity contribution is -0.384. The summed E-state index contributed by atoms with van der Waals surface area (Å²) < 4.78 is 1.71. The first-order valence-corrected chi connectivity index (χ1v) is 7.83. The molecular weight excluding hydrogens is 294 g/mol. The summed E-state index contributed by atoms with van der Waals surface area (Å²) in [5.41, 5.74) is 4.67. The summed E-state index contributed by atoms with van der Waals surface area (Å²) in [7, 11) is 0. The highest BCUT2D eigenvalue weighted by Crippen LogP contribution is 2.30. The minimum Gasteiger partial charge on any atom is -0.369 e. The van der Waals surface area contributed by atoms with E-state index in [-0.39, 0.29) is 10.6 Å². The predicted octanol–water partition coefficient (Wildman–Crippen LogP) is 2.41. The maximum atomic E-state index is 11.3. The van der Waals surface area contributed by atoms with Crippen LogP contribution in [0.2, 0.25) is 0 Å². The van der Waals surface area contributed by atoms with Crippen molar-refractivity contribution in [1.82, 2.24) is 9.58 Å². The van der Waals surface area contributed by atoms with Crippen LogP contribution in [0.3, 0.4) is 0 Å². The lowest BCUT2D eigenvalue weighted by Gasteiger charge is -2.35. The monoisotopic (exact) mass is 315 g/mol. The van der Waals surface area contributed by atoms with Crippen LogP contribution in [0, 0.1) is 10.1 Å². The van der Waals surface area contributed by atoms with Gasteiger partial charge in [0.05, 0.1) is 4.92 Å².